The van der Waals surface area contributed by atoms with E-state index in [1.807, 2.05) is 30.3 Å². The number of ether oxygens (including phenoxy) is 2. The van der Waals surface area contributed by atoms with Gasteiger partial charge in [-0.05, 0) is 32.8 Å². The number of hydrogen-bond acceptors (Lipinski definition) is 5. The summed E-state index contributed by atoms with van der Waals surface area (Å²) in [4.78, 5) is 39.8. The Labute approximate surface area is 159 Å². The van der Waals surface area contributed by atoms with Crippen LogP contribution in [0, 0.1) is 5.92 Å². The van der Waals surface area contributed by atoms with Crippen LogP contribution in [0.1, 0.15) is 32.8 Å². The van der Waals surface area contributed by atoms with Gasteiger partial charge in [-0.25, -0.2) is 9.59 Å². The molecule has 0 radical (unpaired) electrons. The van der Waals surface area contributed by atoms with Crippen molar-refractivity contribution < 1.29 is 23.9 Å². The molecule has 2 aliphatic rings. The van der Waals surface area contributed by atoms with Crippen molar-refractivity contribution in [1.82, 2.24) is 9.80 Å². The number of hydrogen-bond donors (Lipinski definition) is 0. The van der Waals surface area contributed by atoms with Crippen molar-refractivity contribution >= 4 is 18.5 Å². The summed E-state index contributed by atoms with van der Waals surface area (Å²) in [5.41, 5.74) is 0.286. The number of benzene rings is 1. The minimum absolute atomic E-state index is 0.176. The number of nitrogens with zero attached hydrogens (tertiary/aromatic N) is 2. The summed E-state index contributed by atoms with van der Waals surface area (Å²) in [6, 6.07) is 8.84. The van der Waals surface area contributed by atoms with Crippen LogP contribution >= 0.6 is 0 Å². The molecule has 2 heterocycles. The van der Waals surface area contributed by atoms with Crippen molar-refractivity contribution in [3.05, 3.63) is 35.9 Å². The molecule has 2 aliphatic heterocycles. The van der Waals surface area contributed by atoms with E-state index in [0.29, 0.717) is 13.0 Å². The molecule has 3 atom stereocenters. The highest BCUT2D eigenvalue weighted by Gasteiger charge is 2.53. The van der Waals surface area contributed by atoms with E-state index >= 15 is 0 Å². The normalized spacial score (nSPS) is 24.5. The van der Waals surface area contributed by atoms with Gasteiger partial charge < -0.3 is 24.1 Å². The van der Waals surface area contributed by atoms with Gasteiger partial charge in [0.05, 0.1) is 18.0 Å². The Kier molecular flexibility index (Phi) is 5.39. The van der Waals surface area contributed by atoms with Gasteiger partial charge >= 0.3 is 12.2 Å². The lowest BCUT2D eigenvalue weighted by Gasteiger charge is -2.29. The highest BCUT2D eigenvalue weighted by molar-refractivity contribution is 5.74. The quantitative estimate of drug-likeness (QED) is 0.761. The van der Waals surface area contributed by atoms with Crippen molar-refractivity contribution in [2.75, 3.05) is 13.1 Å². The molecule has 1 aromatic rings. The summed E-state index contributed by atoms with van der Waals surface area (Å²) in [5.74, 6) is -0.436. The minimum Gasteiger partial charge on any atom is -0.445 e. The molecule has 0 N–H and O–H groups in total. The molecule has 27 heavy (non-hydrogen) atoms. The zero-order valence-corrected chi connectivity index (χ0v) is 16.0. The van der Waals surface area contributed by atoms with E-state index in [0.717, 1.165) is 11.8 Å². The lowest BCUT2D eigenvalue weighted by Crippen LogP contribution is -2.45. The van der Waals surface area contributed by atoms with E-state index in [1.54, 1.807) is 30.6 Å². The zero-order valence-electron chi connectivity index (χ0n) is 16.0. The molecule has 3 rings (SSSR count). The van der Waals surface area contributed by atoms with E-state index in [2.05, 4.69) is 0 Å². The monoisotopic (exact) mass is 374 g/mol. The average molecular weight is 374 g/mol. The molecular weight excluding hydrogens is 348 g/mol. The number of rotatable bonds is 3. The van der Waals surface area contributed by atoms with Gasteiger partial charge in [0, 0.05) is 13.1 Å². The van der Waals surface area contributed by atoms with Gasteiger partial charge in [0.25, 0.3) is 0 Å². The SMILES string of the molecule is CC(C)(C)OC(=O)N1CC[C@@H]2[C@H]1[C@@H](C=O)CN2C(=O)OCc1ccccc1. The van der Waals surface area contributed by atoms with Crippen LogP contribution in [0.25, 0.3) is 0 Å². The number of amides is 2. The van der Waals surface area contributed by atoms with Crippen LogP contribution in [0.15, 0.2) is 30.3 Å². The highest BCUT2D eigenvalue weighted by atomic mass is 16.6. The van der Waals surface area contributed by atoms with Crippen molar-refractivity contribution in [3.63, 3.8) is 0 Å². The third-order valence-electron chi connectivity index (χ3n) is 4.91. The molecule has 7 nitrogen and oxygen atoms in total. The molecule has 0 spiro atoms. The van der Waals surface area contributed by atoms with Gasteiger partial charge in [0.15, 0.2) is 0 Å². The largest absolute Gasteiger partial charge is 0.445 e. The molecular formula is C20H26N2O5. The summed E-state index contributed by atoms with van der Waals surface area (Å²) in [6.07, 6.45) is 0.532. The molecule has 1 aromatic carbocycles. The predicted octanol–water partition coefficient (Wildman–Crippen LogP) is 2.83. The fourth-order valence-corrected chi connectivity index (χ4v) is 3.80. The number of fused-ring (bicyclic) bond motifs is 1. The molecule has 0 saturated carbocycles. The number of carbonyl (C=O) groups is 3. The Morgan fingerprint density at radius 2 is 1.85 bits per heavy atom. The van der Waals surface area contributed by atoms with E-state index in [-0.39, 0.29) is 25.2 Å². The van der Waals surface area contributed by atoms with Crippen molar-refractivity contribution in [3.8, 4) is 0 Å². The Bertz CT molecular complexity index is 700. The molecule has 0 unspecified atom stereocenters. The lowest BCUT2D eigenvalue weighted by atomic mass is 10.0. The van der Waals surface area contributed by atoms with E-state index in [9.17, 15) is 14.4 Å². The Morgan fingerprint density at radius 3 is 2.48 bits per heavy atom. The summed E-state index contributed by atoms with van der Waals surface area (Å²) >= 11 is 0. The molecule has 7 heteroatoms. The van der Waals surface area contributed by atoms with Crippen LogP contribution in [-0.4, -0.2) is 59.0 Å². The Hall–Kier alpha value is -2.57. The maximum absolute atomic E-state index is 12.6. The fourth-order valence-electron chi connectivity index (χ4n) is 3.80. The molecule has 0 aromatic heterocycles. The molecule has 0 bridgehead atoms. The molecule has 2 fully saturated rings. The van der Waals surface area contributed by atoms with E-state index < -0.39 is 23.7 Å². The number of aldehydes is 1. The van der Waals surface area contributed by atoms with E-state index in [4.69, 9.17) is 9.47 Å². The van der Waals surface area contributed by atoms with Crippen LogP contribution in [0.2, 0.25) is 0 Å². The van der Waals surface area contributed by atoms with Gasteiger partial charge in [0.1, 0.15) is 18.5 Å². The third kappa shape index (κ3) is 4.23. The van der Waals surface area contributed by atoms with Gasteiger partial charge in [-0.1, -0.05) is 30.3 Å². The maximum atomic E-state index is 12.6. The zero-order chi connectivity index (χ0) is 19.6. The van der Waals surface area contributed by atoms with Crippen LogP contribution in [0.5, 0.6) is 0 Å². The second-order valence-corrected chi connectivity index (χ2v) is 8.01. The topological polar surface area (TPSA) is 76.2 Å². The molecule has 2 saturated heterocycles. The van der Waals surface area contributed by atoms with E-state index in [1.165, 1.54) is 0 Å². The van der Waals surface area contributed by atoms with Gasteiger partial charge in [-0.3, -0.25) is 0 Å². The van der Waals surface area contributed by atoms with Crippen molar-refractivity contribution in [1.29, 1.82) is 0 Å². The summed E-state index contributed by atoms with van der Waals surface area (Å²) in [7, 11) is 0. The smallest absolute Gasteiger partial charge is 0.410 e. The van der Waals surface area contributed by atoms with Crippen LogP contribution in [0.4, 0.5) is 9.59 Å². The van der Waals surface area contributed by atoms with Crippen LogP contribution < -0.4 is 0 Å². The first kappa shape index (κ1) is 19.2. The van der Waals surface area contributed by atoms with Crippen molar-refractivity contribution in [2.45, 2.75) is 51.5 Å². The first-order valence-corrected chi connectivity index (χ1v) is 9.22. The fraction of sp³-hybridized carbons (Fsp3) is 0.550. The summed E-state index contributed by atoms with van der Waals surface area (Å²) in [6.45, 7) is 6.30. The third-order valence-corrected chi connectivity index (χ3v) is 4.91. The number of carbonyl (C=O) groups excluding carboxylic acids is 3. The maximum Gasteiger partial charge on any atom is 0.410 e. The van der Waals surface area contributed by atoms with Crippen molar-refractivity contribution in [2.24, 2.45) is 5.92 Å². The second kappa shape index (κ2) is 7.58. The Balaban J connectivity index is 1.67. The highest BCUT2D eigenvalue weighted by Crippen LogP contribution is 2.36. The van der Waals surface area contributed by atoms with Crippen LogP contribution in [0.3, 0.4) is 0 Å². The van der Waals surface area contributed by atoms with Gasteiger partial charge in [-0.2, -0.15) is 0 Å². The van der Waals surface area contributed by atoms with Gasteiger partial charge in [-0.15, -0.1) is 0 Å². The molecule has 146 valence electrons. The first-order chi connectivity index (χ1) is 12.8. The van der Waals surface area contributed by atoms with Gasteiger partial charge in [0.2, 0.25) is 0 Å². The minimum atomic E-state index is -0.612. The standard InChI is InChI=1S/C20H26N2O5/c1-20(2,3)27-19(25)21-10-9-16-17(21)15(12-23)11-22(16)18(24)26-13-14-7-5-4-6-8-14/h4-8,12,15-17H,9-11,13H2,1-3H3/t15-,16-,17-/m1/s1. The summed E-state index contributed by atoms with van der Waals surface area (Å²) in [5, 5.41) is 0. The summed E-state index contributed by atoms with van der Waals surface area (Å²) < 4.78 is 10.9. The average Bonchev–Trinajstić information content (AvgIpc) is 3.19. The predicted molar refractivity (Wildman–Crippen MR) is 98.0 cm³/mol. The lowest BCUT2D eigenvalue weighted by molar-refractivity contribution is -0.111. The molecule has 0 aliphatic carbocycles. The molecule has 2 amide bonds. The Morgan fingerprint density at radius 1 is 1.15 bits per heavy atom. The number of likely N-dealkylation sites (tertiary alicyclic amines) is 2. The van der Waals surface area contributed by atoms with Crippen LogP contribution in [-0.2, 0) is 20.9 Å². The second-order valence-electron chi connectivity index (χ2n) is 8.01. The first-order valence-electron chi connectivity index (χ1n) is 9.22.